The first-order valence-corrected chi connectivity index (χ1v) is 16.7. The van der Waals surface area contributed by atoms with Gasteiger partial charge in [0.25, 0.3) is 0 Å². The summed E-state index contributed by atoms with van der Waals surface area (Å²) in [5.74, 6) is 5.35. The molecular formula is C27H48N4O2S4. The molecule has 0 saturated heterocycles. The second-order valence-corrected chi connectivity index (χ2v) is 14.6. The SMILES string of the molecule is CCn1cc(O)n(CC(C)(C)CCCSCCCSCCCC(C)(C)Cn2c(O)cn(CC)c2=S)c1=S. The summed E-state index contributed by atoms with van der Waals surface area (Å²) in [6.07, 6.45) is 9.34. The molecule has 2 heterocycles. The van der Waals surface area contributed by atoms with Gasteiger partial charge in [-0.25, -0.2) is 0 Å². The van der Waals surface area contributed by atoms with Crippen molar-refractivity contribution in [3.8, 4) is 11.8 Å². The largest absolute Gasteiger partial charge is 0.493 e. The molecule has 2 N–H and O–H groups in total. The molecule has 0 amide bonds. The molecule has 10 heteroatoms. The van der Waals surface area contributed by atoms with Gasteiger partial charge in [-0.1, -0.05) is 27.7 Å². The van der Waals surface area contributed by atoms with Gasteiger partial charge >= 0.3 is 0 Å². The number of aryl methyl sites for hydroxylation is 2. The van der Waals surface area contributed by atoms with Gasteiger partial charge in [0.15, 0.2) is 9.54 Å². The summed E-state index contributed by atoms with van der Waals surface area (Å²) < 4.78 is 8.99. The summed E-state index contributed by atoms with van der Waals surface area (Å²) in [6.45, 7) is 16.2. The summed E-state index contributed by atoms with van der Waals surface area (Å²) in [5.41, 5.74) is 0.202. The van der Waals surface area contributed by atoms with Crippen molar-refractivity contribution < 1.29 is 10.2 Å². The molecule has 0 atom stereocenters. The first kappa shape index (κ1) is 32.4. The van der Waals surface area contributed by atoms with Crippen molar-refractivity contribution >= 4 is 48.0 Å². The minimum Gasteiger partial charge on any atom is -0.493 e. The highest BCUT2D eigenvalue weighted by Crippen LogP contribution is 2.30. The van der Waals surface area contributed by atoms with Gasteiger partial charge in [-0.3, -0.25) is 9.13 Å². The van der Waals surface area contributed by atoms with Crippen molar-refractivity contribution in [1.29, 1.82) is 0 Å². The summed E-state index contributed by atoms with van der Waals surface area (Å²) in [5, 5.41) is 20.5. The van der Waals surface area contributed by atoms with Crippen LogP contribution in [-0.2, 0) is 26.2 Å². The molecule has 2 rings (SSSR count). The third-order valence-corrected chi connectivity index (χ3v) is 9.98. The number of aromatic hydroxyl groups is 2. The molecule has 0 spiro atoms. The number of thioether (sulfide) groups is 2. The molecule has 0 bridgehead atoms. The zero-order valence-electron chi connectivity index (χ0n) is 23.7. The Labute approximate surface area is 242 Å². The number of hydrogen-bond donors (Lipinski definition) is 2. The average Bonchev–Trinajstić information content (AvgIpc) is 3.25. The Balaban J connectivity index is 1.54. The van der Waals surface area contributed by atoms with E-state index in [1.54, 1.807) is 12.4 Å². The lowest BCUT2D eigenvalue weighted by molar-refractivity contribution is 0.261. The molecule has 0 radical (unpaired) electrons. The van der Waals surface area contributed by atoms with E-state index in [9.17, 15) is 10.2 Å². The van der Waals surface area contributed by atoms with Crippen LogP contribution in [0.25, 0.3) is 0 Å². The average molecular weight is 589 g/mol. The first-order chi connectivity index (χ1) is 17.4. The van der Waals surface area contributed by atoms with Crippen LogP contribution in [-0.4, -0.2) is 51.5 Å². The van der Waals surface area contributed by atoms with Crippen molar-refractivity contribution in [2.75, 3.05) is 23.0 Å². The van der Waals surface area contributed by atoms with Gasteiger partial charge < -0.3 is 19.3 Å². The molecule has 0 aromatic carbocycles. The molecule has 2 aromatic rings. The predicted octanol–water partition coefficient (Wildman–Crippen LogP) is 7.97. The molecule has 0 aliphatic rings. The molecule has 0 fully saturated rings. The van der Waals surface area contributed by atoms with Crippen LogP contribution in [0.3, 0.4) is 0 Å². The molecule has 0 aliphatic heterocycles. The maximum Gasteiger partial charge on any atom is 0.210 e. The van der Waals surface area contributed by atoms with Gasteiger partial charge in [0.1, 0.15) is 0 Å². The highest BCUT2D eigenvalue weighted by Gasteiger charge is 2.22. The quantitative estimate of drug-likeness (QED) is 0.136. The summed E-state index contributed by atoms with van der Waals surface area (Å²) in [7, 11) is 0. The number of aromatic nitrogens is 4. The third kappa shape index (κ3) is 10.3. The van der Waals surface area contributed by atoms with Crippen molar-refractivity contribution in [3.63, 3.8) is 0 Å². The number of rotatable bonds is 18. The Morgan fingerprint density at radius 3 is 1.35 bits per heavy atom. The fourth-order valence-corrected chi connectivity index (χ4v) is 7.24. The fourth-order valence-electron chi connectivity index (χ4n) is 4.57. The number of nitrogens with zero attached hydrogens (tertiary/aromatic N) is 4. The van der Waals surface area contributed by atoms with Crippen molar-refractivity contribution in [3.05, 3.63) is 21.9 Å². The standard InChI is InChI=1S/C27H48N4O2S4/c1-7-28-18-22(32)30(24(28)34)20-26(3,4)12-9-14-36-16-11-17-37-15-10-13-27(5,6)21-31-23(33)19-29(8-2)25(31)35/h18-19,32-33H,7-17,20-21H2,1-6H3. The van der Waals surface area contributed by atoms with E-state index in [0.29, 0.717) is 9.54 Å². The van der Waals surface area contributed by atoms with Gasteiger partial charge in [-0.15, -0.1) is 0 Å². The first-order valence-electron chi connectivity index (χ1n) is 13.5. The van der Waals surface area contributed by atoms with Crippen molar-refractivity contribution in [2.45, 2.75) is 99.8 Å². The Morgan fingerprint density at radius 1 is 0.676 bits per heavy atom. The maximum absolute atomic E-state index is 10.2. The normalized spacial score (nSPS) is 12.5. The van der Waals surface area contributed by atoms with E-state index in [0.717, 1.165) is 39.0 Å². The van der Waals surface area contributed by atoms with Gasteiger partial charge in [-0.05, 0) is 104 Å². The molecular weight excluding hydrogens is 541 g/mol. The Morgan fingerprint density at radius 2 is 1.03 bits per heavy atom. The topological polar surface area (TPSA) is 60.2 Å². The Bertz CT molecular complexity index is 997. The lowest BCUT2D eigenvalue weighted by atomic mass is 9.88. The van der Waals surface area contributed by atoms with Gasteiger partial charge in [-0.2, -0.15) is 23.5 Å². The van der Waals surface area contributed by atoms with E-state index in [1.807, 2.05) is 32.1 Å². The summed E-state index contributed by atoms with van der Waals surface area (Å²) in [6, 6.07) is 0. The highest BCUT2D eigenvalue weighted by molar-refractivity contribution is 8.00. The Hall–Kier alpha value is -0.840. The van der Waals surface area contributed by atoms with E-state index < -0.39 is 0 Å². The van der Waals surface area contributed by atoms with Crippen LogP contribution in [0.2, 0.25) is 0 Å². The highest BCUT2D eigenvalue weighted by atomic mass is 32.2. The van der Waals surface area contributed by atoms with Crippen LogP contribution >= 0.6 is 48.0 Å². The van der Waals surface area contributed by atoms with E-state index in [2.05, 4.69) is 51.2 Å². The van der Waals surface area contributed by atoms with Gasteiger partial charge in [0.05, 0.1) is 12.4 Å². The van der Waals surface area contributed by atoms with Crippen LogP contribution < -0.4 is 0 Å². The molecule has 6 nitrogen and oxygen atoms in total. The van der Waals surface area contributed by atoms with Crippen LogP contribution in [0.15, 0.2) is 12.4 Å². The minimum atomic E-state index is 0.101. The van der Waals surface area contributed by atoms with Crippen LogP contribution in [0.5, 0.6) is 11.8 Å². The number of imidazole rings is 2. The van der Waals surface area contributed by atoms with E-state index in [1.165, 1.54) is 42.3 Å². The lowest BCUT2D eigenvalue weighted by Crippen LogP contribution is -2.20. The smallest absolute Gasteiger partial charge is 0.210 e. The third-order valence-electron chi connectivity index (χ3n) is 6.76. The molecule has 212 valence electrons. The molecule has 0 saturated carbocycles. The fraction of sp³-hybridized carbons (Fsp3) is 0.778. The van der Waals surface area contributed by atoms with E-state index in [-0.39, 0.29) is 22.6 Å². The zero-order valence-corrected chi connectivity index (χ0v) is 26.9. The zero-order chi connectivity index (χ0) is 27.6. The molecule has 37 heavy (non-hydrogen) atoms. The van der Waals surface area contributed by atoms with E-state index in [4.69, 9.17) is 24.4 Å². The maximum atomic E-state index is 10.2. The van der Waals surface area contributed by atoms with E-state index >= 15 is 0 Å². The molecule has 0 aliphatic carbocycles. The summed E-state index contributed by atoms with van der Waals surface area (Å²) >= 11 is 15.1. The van der Waals surface area contributed by atoms with Crippen molar-refractivity contribution in [2.24, 2.45) is 10.8 Å². The number of hydrogen-bond acceptors (Lipinski definition) is 6. The van der Waals surface area contributed by atoms with Crippen LogP contribution in [0.1, 0.15) is 73.6 Å². The van der Waals surface area contributed by atoms with Gasteiger partial charge in [0, 0.05) is 26.2 Å². The Kier molecular flexibility index (Phi) is 13.2. The molecule has 0 unspecified atom stereocenters. The lowest BCUT2D eigenvalue weighted by Gasteiger charge is -2.25. The minimum absolute atomic E-state index is 0.101. The second-order valence-electron chi connectivity index (χ2n) is 11.4. The summed E-state index contributed by atoms with van der Waals surface area (Å²) in [4.78, 5) is 0. The van der Waals surface area contributed by atoms with Crippen molar-refractivity contribution in [1.82, 2.24) is 18.3 Å². The van der Waals surface area contributed by atoms with Crippen LogP contribution in [0.4, 0.5) is 0 Å². The van der Waals surface area contributed by atoms with Crippen LogP contribution in [0, 0.1) is 20.4 Å². The predicted molar refractivity (Wildman–Crippen MR) is 166 cm³/mol. The van der Waals surface area contributed by atoms with Gasteiger partial charge in [0.2, 0.25) is 11.8 Å². The second kappa shape index (κ2) is 15.1. The molecule has 2 aromatic heterocycles. The monoisotopic (exact) mass is 588 g/mol.